The number of carbonyl (C=O) groups excluding carboxylic acids is 1. The number of rotatable bonds is 1. The van der Waals surface area contributed by atoms with Crippen LogP contribution in [0.3, 0.4) is 0 Å². The van der Waals surface area contributed by atoms with Crippen LogP contribution in [0.4, 0.5) is 11.4 Å². The highest BCUT2D eigenvalue weighted by atomic mass is 16.5. The highest BCUT2D eigenvalue weighted by Crippen LogP contribution is 2.41. The van der Waals surface area contributed by atoms with Gasteiger partial charge in [0.05, 0.1) is 11.4 Å². The smallest absolute Gasteiger partial charge is 0.264 e. The van der Waals surface area contributed by atoms with E-state index in [2.05, 4.69) is 23.2 Å². The molecule has 0 aliphatic carbocycles. The average Bonchev–Trinajstić information content (AvgIpc) is 2.44. The predicted octanol–water partition coefficient (Wildman–Crippen LogP) is 0.760. The van der Waals surface area contributed by atoms with Crippen molar-refractivity contribution in [2.75, 3.05) is 49.6 Å². The van der Waals surface area contributed by atoms with Crippen LogP contribution in [-0.2, 0) is 4.79 Å². The van der Waals surface area contributed by atoms with Crippen LogP contribution in [0.5, 0.6) is 5.75 Å². The Bertz CT molecular complexity index is 510. The van der Waals surface area contributed by atoms with Gasteiger partial charge in [-0.15, -0.1) is 0 Å². The number of carbonyl (C=O) groups is 1. The van der Waals surface area contributed by atoms with E-state index in [0.717, 1.165) is 48.9 Å². The fourth-order valence-corrected chi connectivity index (χ4v) is 2.64. The first-order chi connectivity index (χ1) is 9.16. The Morgan fingerprint density at radius 1 is 1.21 bits per heavy atom. The van der Waals surface area contributed by atoms with Gasteiger partial charge in [-0.25, -0.2) is 0 Å². The zero-order chi connectivity index (χ0) is 13.4. The number of piperazine rings is 1. The molecular weight excluding hydrogens is 242 g/mol. The molecule has 1 aromatic carbocycles. The summed E-state index contributed by atoms with van der Waals surface area (Å²) in [5.41, 5.74) is 3.14. The molecule has 0 bridgehead atoms. The number of nitrogens with zero attached hydrogens (tertiary/aromatic N) is 2. The van der Waals surface area contributed by atoms with Crippen molar-refractivity contribution in [3.63, 3.8) is 0 Å². The van der Waals surface area contributed by atoms with Crippen molar-refractivity contribution in [2.24, 2.45) is 0 Å². The largest absolute Gasteiger partial charge is 0.479 e. The second kappa shape index (κ2) is 4.74. The summed E-state index contributed by atoms with van der Waals surface area (Å²) in [6.07, 6.45) is 0. The lowest BCUT2D eigenvalue weighted by Gasteiger charge is -2.34. The number of hydrogen-bond donors (Lipinski definition) is 1. The van der Waals surface area contributed by atoms with Gasteiger partial charge in [-0.1, -0.05) is 0 Å². The minimum atomic E-state index is 0.00404. The molecular formula is C14H19N3O2. The normalized spacial score (nSPS) is 19.2. The van der Waals surface area contributed by atoms with E-state index >= 15 is 0 Å². The van der Waals surface area contributed by atoms with E-state index < -0.39 is 0 Å². The average molecular weight is 261 g/mol. The predicted molar refractivity (Wildman–Crippen MR) is 75.2 cm³/mol. The first-order valence-corrected chi connectivity index (χ1v) is 6.66. The van der Waals surface area contributed by atoms with Gasteiger partial charge in [-0.05, 0) is 24.6 Å². The summed E-state index contributed by atoms with van der Waals surface area (Å²) >= 11 is 0. The highest BCUT2D eigenvalue weighted by Gasteiger charge is 2.27. The lowest BCUT2D eigenvalue weighted by Crippen LogP contribution is -2.44. The Balaban J connectivity index is 2.04. The topological polar surface area (TPSA) is 44.8 Å². The molecule has 0 spiro atoms. The molecule has 1 amide bonds. The van der Waals surface area contributed by atoms with Crippen molar-refractivity contribution in [3.05, 3.63) is 17.7 Å². The van der Waals surface area contributed by atoms with Crippen LogP contribution in [0, 0.1) is 6.92 Å². The third-order valence-electron chi connectivity index (χ3n) is 3.73. The zero-order valence-corrected chi connectivity index (χ0v) is 11.4. The standard InChI is InChI=1S/C14H19N3O2/c1-10-7-11-14(19-9-13(18)16(11)2)12(8-10)17-5-3-15-4-6-17/h7-8,15H,3-6,9H2,1-2H3. The molecule has 0 atom stereocenters. The van der Waals surface area contributed by atoms with Crippen LogP contribution in [0.15, 0.2) is 12.1 Å². The number of aryl methyl sites for hydroxylation is 1. The van der Waals surface area contributed by atoms with Gasteiger partial charge < -0.3 is 19.9 Å². The van der Waals surface area contributed by atoms with Crippen molar-refractivity contribution in [1.29, 1.82) is 0 Å². The van der Waals surface area contributed by atoms with Gasteiger partial charge in [0.25, 0.3) is 5.91 Å². The maximum atomic E-state index is 11.7. The van der Waals surface area contributed by atoms with Crippen LogP contribution in [0.2, 0.25) is 0 Å². The summed E-state index contributed by atoms with van der Waals surface area (Å²) < 4.78 is 5.69. The molecule has 1 fully saturated rings. The lowest BCUT2D eigenvalue weighted by molar-refractivity contribution is -0.120. The Hall–Kier alpha value is -1.75. The minimum absolute atomic E-state index is 0.00404. The molecule has 5 heteroatoms. The summed E-state index contributed by atoms with van der Waals surface area (Å²) in [6, 6.07) is 4.16. The Morgan fingerprint density at radius 2 is 1.89 bits per heavy atom. The van der Waals surface area contributed by atoms with E-state index in [0.29, 0.717) is 0 Å². The highest BCUT2D eigenvalue weighted by molar-refractivity contribution is 5.99. The van der Waals surface area contributed by atoms with Crippen LogP contribution >= 0.6 is 0 Å². The zero-order valence-electron chi connectivity index (χ0n) is 11.4. The van der Waals surface area contributed by atoms with E-state index in [4.69, 9.17) is 4.74 Å². The maximum absolute atomic E-state index is 11.7. The van der Waals surface area contributed by atoms with Crippen LogP contribution in [0.1, 0.15) is 5.56 Å². The van der Waals surface area contributed by atoms with Gasteiger partial charge in [0.1, 0.15) is 0 Å². The molecule has 0 saturated carbocycles. The Kier molecular flexibility index (Phi) is 3.06. The molecule has 19 heavy (non-hydrogen) atoms. The molecule has 2 aliphatic heterocycles. The summed E-state index contributed by atoms with van der Waals surface area (Å²) in [4.78, 5) is 15.8. The minimum Gasteiger partial charge on any atom is -0.479 e. The number of hydrogen-bond acceptors (Lipinski definition) is 4. The first-order valence-electron chi connectivity index (χ1n) is 6.66. The molecule has 5 nitrogen and oxygen atoms in total. The van der Waals surface area contributed by atoms with Gasteiger partial charge in [0.15, 0.2) is 12.4 Å². The first kappa shape index (κ1) is 12.3. The van der Waals surface area contributed by atoms with Crippen molar-refractivity contribution in [2.45, 2.75) is 6.92 Å². The Morgan fingerprint density at radius 3 is 2.63 bits per heavy atom. The van der Waals surface area contributed by atoms with E-state index in [-0.39, 0.29) is 12.5 Å². The number of benzene rings is 1. The number of likely N-dealkylation sites (N-methyl/N-ethyl adjacent to an activating group) is 1. The molecule has 2 heterocycles. The van der Waals surface area contributed by atoms with Gasteiger partial charge >= 0.3 is 0 Å². The lowest BCUT2D eigenvalue weighted by atomic mass is 10.1. The molecule has 2 aliphatic rings. The van der Waals surface area contributed by atoms with E-state index in [1.54, 1.807) is 4.90 Å². The molecule has 102 valence electrons. The van der Waals surface area contributed by atoms with E-state index in [1.807, 2.05) is 13.1 Å². The third kappa shape index (κ3) is 2.14. The number of ether oxygens (including phenoxy) is 1. The van der Waals surface area contributed by atoms with E-state index in [9.17, 15) is 4.79 Å². The summed E-state index contributed by atoms with van der Waals surface area (Å²) in [5.74, 6) is 0.846. The molecule has 3 rings (SSSR count). The quantitative estimate of drug-likeness (QED) is 0.810. The van der Waals surface area contributed by atoms with Gasteiger partial charge in [-0.2, -0.15) is 0 Å². The van der Waals surface area contributed by atoms with Gasteiger partial charge in [-0.3, -0.25) is 4.79 Å². The molecule has 1 N–H and O–H groups in total. The number of anilines is 2. The van der Waals surface area contributed by atoms with Gasteiger partial charge in [0, 0.05) is 33.2 Å². The Labute approximate surface area is 113 Å². The second-order valence-corrected chi connectivity index (χ2v) is 5.11. The molecule has 0 radical (unpaired) electrons. The monoisotopic (exact) mass is 261 g/mol. The third-order valence-corrected chi connectivity index (χ3v) is 3.73. The summed E-state index contributed by atoms with van der Waals surface area (Å²) in [7, 11) is 1.81. The molecule has 1 saturated heterocycles. The molecule has 0 aromatic heterocycles. The van der Waals surface area contributed by atoms with Crippen LogP contribution < -0.4 is 19.9 Å². The molecule has 1 aromatic rings. The van der Waals surface area contributed by atoms with Crippen LogP contribution in [0.25, 0.3) is 0 Å². The van der Waals surface area contributed by atoms with Crippen molar-refractivity contribution < 1.29 is 9.53 Å². The summed E-state index contributed by atoms with van der Waals surface area (Å²) in [6.45, 7) is 6.09. The fourth-order valence-electron chi connectivity index (χ4n) is 2.64. The molecule has 0 unspecified atom stereocenters. The van der Waals surface area contributed by atoms with E-state index in [1.165, 1.54) is 0 Å². The van der Waals surface area contributed by atoms with Crippen molar-refractivity contribution in [3.8, 4) is 5.75 Å². The number of amides is 1. The van der Waals surface area contributed by atoms with Gasteiger partial charge in [0.2, 0.25) is 0 Å². The SMILES string of the molecule is Cc1cc(N2CCNCC2)c2c(c1)N(C)C(=O)CO2. The fraction of sp³-hybridized carbons (Fsp3) is 0.500. The number of nitrogens with one attached hydrogen (secondary N) is 1. The van der Waals surface area contributed by atoms with Crippen molar-refractivity contribution in [1.82, 2.24) is 5.32 Å². The summed E-state index contributed by atoms with van der Waals surface area (Å²) in [5, 5.41) is 3.35. The maximum Gasteiger partial charge on any atom is 0.264 e. The number of fused-ring (bicyclic) bond motifs is 1. The van der Waals surface area contributed by atoms with Crippen LogP contribution in [-0.4, -0.2) is 45.7 Å². The second-order valence-electron chi connectivity index (χ2n) is 5.11. The van der Waals surface area contributed by atoms with Crippen molar-refractivity contribution >= 4 is 17.3 Å².